The molecule has 0 amide bonds. The SMILES string of the molecule is Cn1c(C2CCC2)c(CCN)c2cccnc21. The maximum Gasteiger partial charge on any atom is 0.140 e. The second-order valence-corrected chi connectivity index (χ2v) is 4.96. The molecule has 1 aliphatic rings. The molecule has 3 rings (SSSR count). The summed E-state index contributed by atoms with van der Waals surface area (Å²) in [6.07, 6.45) is 6.85. The molecule has 17 heavy (non-hydrogen) atoms. The van der Waals surface area contributed by atoms with Gasteiger partial charge in [0.15, 0.2) is 0 Å². The van der Waals surface area contributed by atoms with E-state index in [0.717, 1.165) is 18.0 Å². The number of aryl methyl sites for hydroxylation is 1. The predicted molar refractivity (Wildman–Crippen MR) is 70.1 cm³/mol. The van der Waals surface area contributed by atoms with Crippen LogP contribution in [0.3, 0.4) is 0 Å². The first-order chi connectivity index (χ1) is 8.33. The lowest BCUT2D eigenvalue weighted by Crippen LogP contribution is -2.16. The molecule has 0 aliphatic heterocycles. The van der Waals surface area contributed by atoms with E-state index in [0.29, 0.717) is 6.54 Å². The van der Waals surface area contributed by atoms with Crippen LogP contribution in [0.2, 0.25) is 0 Å². The summed E-state index contributed by atoms with van der Waals surface area (Å²) in [5.41, 5.74) is 9.78. The van der Waals surface area contributed by atoms with Crippen molar-refractivity contribution >= 4 is 11.0 Å². The third-order valence-electron chi connectivity index (χ3n) is 3.99. The van der Waals surface area contributed by atoms with Gasteiger partial charge in [-0.3, -0.25) is 0 Å². The van der Waals surface area contributed by atoms with E-state index in [9.17, 15) is 0 Å². The molecule has 1 fully saturated rings. The summed E-state index contributed by atoms with van der Waals surface area (Å²) in [5.74, 6) is 0.732. The third-order valence-corrected chi connectivity index (χ3v) is 3.99. The Kier molecular flexibility index (Phi) is 2.63. The highest BCUT2D eigenvalue weighted by Gasteiger charge is 2.27. The van der Waals surface area contributed by atoms with Gasteiger partial charge < -0.3 is 10.3 Å². The second-order valence-electron chi connectivity index (χ2n) is 4.96. The number of aromatic nitrogens is 2. The Labute approximate surface area is 102 Å². The van der Waals surface area contributed by atoms with Crippen LogP contribution in [0.1, 0.15) is 36.4 Å². The second kappa shape index (κ2) is 4.15. The normalized spacial score (nSPS) is 16.4. The third kappa shape index (κ3) is 1.57. The average molecular weight is 229 g/mol. The minimum absolute atomic E-state index is 0.716. The van der Waals surface area contributed by atoms with Gasteiger partial charge in [-0.1, -0.05) is 6.42 Å². The quantitative estimate of drug-likeness (QED) is 0.878. The maximum atomic E-state index is 5.76. The largest absolute Gasteiger partial charge is 0.332 e. The minimum atomic E-state index is 0.716. The van der Waals surface area contributed by atoms with Crippen molar-refractivity contribution in [3.05, 3.63) is 29.6 Å². The zero-order valence-corrected chi connectivity index (χ0v) is 10.3. The summed E-state index contributed by atoms with van der Waals surface area (Å²) in [6.45, 7) is 0.716. The van der Waals surface area contributed by atoms with Gasteiger partial charge in [0.2, 0.25) is 0 Å². The first-order valence-corrected chi connectivity index (χ1v) is 6.45. The molecule has 2 aromatic rings. The molecule has 0 unspecified atom stereocenters. The van der Waals surface area contributed by atoms with Gasteiger partial charge in [-0.25, -0.2) is 4.98 Å². The molecule has 0 radical (unpaired) electrons. The van der Waals surface area contributed by atoms with E-state index < -0.39 is 0 Å². The van der Waals surface area contributed by atoms with E-state index in [-0.39, 0.29) is 0 Å². The summed E-state index contributed by atoms with van der Waals surface area (Å²) < 4.78 is 2.28. The van der Waals surface area contributed by atoms with Crippen LogP contribution in [0.5, 0.6) is 0 Å². The van der Waals surface area contributed by atoms with Crippen molar-refractivity contribution in [2.75, 3.05) is 6.54 Å². The maximum absolute atomic E-state index is 5.76. The fraction of sp³-hybridized carbons (Fsp3) is 0.500. The Morgan fingerprint density at radius 3 is 2.94 bits per heavy atom. The van der Waals surface area contributed by atoms with Crippen molar-refractivity contribution in [2.45, 2.75) is 31.6 Å². The van der Waals surface area contributed by atoms with Crippen LogP contribution < -0.4 is 5.73 Å². The van der Waals surface area contributed by atoms with Crippen LogP contribution in [0, 0.1) is 0 Å². The lowest BCUT2D eigenvalue weighted by Gasteiger charge is -2.27. The van der Waals surface area contributed by atoms with Crippen molar-refractivity contribution in [3.8, 4) is 0 Å². The Bertz CT molecular complexity index is 538. The molecule has 3 nitrogen and oxygen atoms in total. The molecule has 0 aromatic carbocycles. The number of hydrogen-bond acceptors (Lipinski definition) is 2. The molecule has 2 heterocycles. The monoisotopic (exact) mass is 229 g/mol. The molecule has 1 saturated carbocycles. The minimum Gasteiger partial charge on any atom is -0.332 e. The van der Waals surface area contributed by atoms with E-state index in [1.165, 1.54) is 35.9 Å². The van der Waals surface area contributed by atoms with Crippen LogP contribution in [-0.2, 0) is 13.5 Å². The molecule has 0 spiro atoms. The van der Waals surface area contributed by atoms with E-state index in [1.54, 1.807) is 0 Å². The molecule has 3 heteroatoms. The Balaban J connectivity index is 2.22. The summed E-state index contributed by atoms with van der Waals surface area (Å²) in [6, 6.07) is 4.20. The van der Waals surface area contributed by atoms with Gasteiger partial charge in [-0.2, -0.15) is 0 Å². The topological polar surface area (TPSA) is 43.8 Å². The zero-order chi connectivity index (χ0) is 11.8. The predicted octanol–water partition coefficient (Wildman–Crippen LogP) is 2.34. The number of rotatable bonds is 3. The van der Waals surface area contributed by atoms with Crippen LogP contribution >= 0.6 is 0 Å². The van der Waals surface area contributed by atoms with E-state index in [2.05, 4.69) is 22.7 Å². The number of nitrogens with zero attached hydrogens (tertiary/aromatic N) is 2. The first kappa shape index (κ1) is 10.8. The van der Waals surface area contributed by atoms with Crippen molar-refractivity contribution in [3.63, 3.8) is 0 Å². The fourth-order valence-corrected chi connectivity index (χ4v) is 2.96. The van der Waals surface area contributed by atoms with Crippen molar-refractivity contribution in [1.82, 2.24) is 9.55 Å². The molecule has 0 atom stereocenters. The molecule has 2 aromatic heterocycles. The Morgan fingerprint density at radius 2 is 2.29 bits per heavy atom. The van der Waals surface area contributed by atoms with Gasteiger partial charge in [-0.05, 0) is 49.4 Å². The number of fused-ring (bicyclic) bond motifs is 1. The molecule has 1 aliphatic carbocycles. The zero-order valence-electron chi connectivity index (χ0n) is 10.3. The highest BCUT2D eigenvalue weighted by Crippen LogP contribution is 2.40. The Hall–Kier alpha value is -1.35. The molecule has 0 saturated heterocycles. The lowest BCUT2D eigenvalue weighted by molar-refractivity contribution is 0.401. The van der Waals surface area contributed by atoms with Crippen molar-refractivity contribution in [2.24, 2.45) is 12.8 Å². The van der Waals surface area contributed by atoms with Crippen LogP contribution in [0.4, 0.5) is 0 Å². The number of hydrogen-bond donors (Lipinski definition) is 1. The summed E-state index contributed by atoms with van der Waals surface area (Å²) in [4.78, 5) is 4.51. The van der Waals surface area contributed by atoms with Gasteiger partial charge >= 0.3 is 0 Å². The van der Waals surface area contributed by atoms with Crippen LogP contribution in [0.15, 0.2) is 18.3 Å². The van der Waals surface area contributed by atoms with E-state index >= 15 is 0 Å². The summed E-state index contributed by atoms with van der Waals surface area (Å²) in [7, 11) is 2.14. The van der Waals surface area contributed by atoms with Gasteiger partial charge in [0.05, 0.1) is 0 Å². The van der Waals surface area contributed by atoms with E-state index in [1.807, 2.05) is 12.3 Å². The van der Waals surface area contributed by atoms with Crippen LogP contribution in [-0.4, -0.2) is 16.1 Å². The highest BCUT2D eigenvalue weighted by atomic mass is 15.0. The fourth-order valence-electron chi connectivity index (χ4n) is 2.96. The van der Waals surface area contributed by atoms with Gasteiger partial charge in [0, 0.05) is 24.3 Å². The molecule has 0 bridgehead atoms. The highest BCUT2D eigenvalue weighted by molar-refractivity contribution is 5.82. The van der Waals surface area contributed by atoms with Crippen molar-refractivity contribution < 1.29 is 0 Å². The first-order valence-electron chi connectivity index (χ1n) is 6.45. The van der Waals surface area contributed by atoms with Gasteiger partial charge in [-0.15, -0.1) is 0 Å². The number of pyridine rings is 1. The summed E-state index contributed by atoms with van der Waals surface area (Å²) in [5, 5.41) is 1.29. The van der Waals surface area contributed by atoms with Crippen LogP contribution in [0.25, 0.3) is 11.0 Å². The molecule has 2 N–H and O–H groups in total. The molecule has 90 valence electrons. The standard InChI is InChI=1S/C14H19N3/c1-17-13(10-4-2-5-10)11(7-8-15)12-6-3-9-16-14(12)17/h3,6,9-10H,2,4-5,7-8,15H2,1H3. The van der Waals surface area contributed by atoms with E-state index in [4.69, 9.17) is 5.73 Å². The number of nitrogens with two attached hydrogens (primary N) is 1. The average Bonchev–Trinajstić information content (AvgIpc) is 2.54. The Morgan fingerprint density at radius 1 is 1.47 bits per heavy atom. The van der Waals surface area contributed by atoms with Gasteiger partial charge in [0.25, 0.3) is 0 Å². The lowest BCUT2D eigenvalue weighted by atomic mass is 9.81. The summed E-state index contributed by atoms with van der Waals surface area (Å²) >= 11 is 0. The van der Waals surface area contributed by atoms with Gasteiger partial charge in [0.1, 0.15) is 5.65 Å². The smallest absolute Gasteiger partial charge is 0.140 e. The molecular formula is C14H19N3. The molecular weight excluding hydrogens is 210 g/mol. The van der Waals surface area contributed by atoms with Crippen molar-refractivity contribution in [1.29, 1.82) is 0 Å².